The molecule has 1 aliphatic heterocycles. The van der Waals surface area contributed by atoms with Gasteiger partial charge in [0.2, 0.25) is 0 Å². The van der Waals surface area contributed by atoms with Gasteiger partial charge in [-0.2, -0.15) is 0 Å². The Morgan fingerprint density at radius 2 is 1.90 bits per heavy atom. The number of nitrogens with zero attached hydrogens (tertiary/aromatic N) is 1. The maximum atomic E-state index is 5.46. The van der Waals surface area contributed by atoms with Crippen molar-refractivity contribution in [3.05, 3.63) is 30.5 Å². The second-order valence-electron chi connectivity index (χ2n) is 6.72. The van der Waals surface area contributed by atoms with Crippen LogP contribution in [0.25, 0.3) is 10.9 Å². The van der Waals surface area contributed by atoms with Crippen LogP contribution in [0.5, 0.6) is 0 Å². The highest BCUT2D eigenvalue weighted by Crippen LogP contribution is 2.29. The first-order valence-corrected chi connectivity index (χ1v) is 7.49. The lowest BCUT2D eigenvalue weighted by Crippen LogP contribution is -2.25. The molecule has 1 fully saturated rings. The molecule has 3 rings (SSSR count). The highest BCUT2D eigenvalue weighted by atomic mass is 16.5. The number of nitrogens with one attached hydrogen (secondary N) is 1. The number of ether oxygens (including phenoxy) is 1. The molecule has 0 aliphatic carbocycles. The van der Waals surface area contributed by atoms with E-state index in [0.717, 1.165) is 26.1 Å². The minimum Gasteiger partial charge on any atom is -0.381 e. The SMILES string of the molecule is CC(C)(C)Nc1ccc2c(ccn2C2CCOCC2)c1. The van der Waals surface area contributed by atoms with Crippen LogP contribution in [0.4, 0.5) is 5.69 Å². The smallest absolute Gasteiger partial charge is 0.0485 e. The number of hydrogen-bond acceptors (Lipinski definition) is 2. The molecular weight excluding hydrogens is 248 g/mol. The van der Waals surface area contributed by atoms with E-state index in [2.05, 4.69) is 61.1 Å². The van der Waals surface area contributed by atoms with Crippen molar-refractivity contribution in [1.82, 2.24) is 4.57 Å². The molecule has 1 saturated heterocycles. The van der Waals surface area contributed by atoms with Gasteiger partial charge in [0.25, 0.3) is 0 Å². The first-order chi connectivity index (χ1) is 9.53. The Kier molecular flexibility index (Phi) is 3.47. The number of rotatable bonds is 2. The topological polar surface area (TPSA) is 26.2 Å². The zero-order valence-electron chi connectivity index (χ0n) is 12.6. The Bertz CT molecular complexity index is 589. The first kappa shape index (κ1) is 13.5. The third kappa shape index (κ3) is 2.83. The van der Waals surface area contributed by atoms with Crippen molar-refractivity contribution in [3.63, 3.8) is 0 Å². The molecule has 0 bridgehead atoms. The Morgan fingerprint density at radius 3 is 2.60 bits per heavy atom. The van der Waals surface area contributed by atoms with Crippen LogP contribution in [-0.2, 0) is 4.74 Å². The molecule has 0 unspecified atom stereocenters. The Labute approximate surface area is 120 Å². The molecule has 1 aromatic heterocycles. The van der Waals surface area contributed by atoms with Crippen LogP contribution in [0.15, 0.2) is 30.5 Å². The van der Waals surface area contributed by atoms with Crippen LogP contribution in [0, 0.1) is 0 Å². The normalized spacial score (nSPS) is 17.6. The van der Waals surface area contributed by atoms with Gasteiger partial charge in [0, 0.05) is 47.6 Å². The summed E-state index contributed by atoms with van der Waals surface area (Å²) >= 11 is 0. The minimum absolute atomic E-state index is 0.0942. The summed E-state index contributed by atoms with van der Waals surface area (Å²) in [5.41, 5.74) is 2.61. The molecule has 0 saturated carbocycles. The van der Waals surface area contributed by atoms with Crippen molar-refractivity contribution < 1.29 is 4.74 Å². The molecule has 3 heteroatoms. The van der Waals surface area contributed by atoms with Gasteiger partial charge in [-0.05, 0) is 57.9 Å². The van der Waals surface area contributed by atoms with Gasteiger partial charge in [-0.3, -0.25) is 0 Å². The van der Waals surface area contributed by atoms with E-state index in [1.807, 2.05) is 0 Å². The lowest BCUT2D eigenvalue weighted by atomic mass is 10.1. The number of fused-ring (bicyclic) bond motifs is 1. The van der Waals surface area contributed by atoms with Crippen LogP contribution in [0.1, 0.15) is 39.7 Å². The Morgan fingerprint density at radius 1 is 1.15 bits per heavy atom. The van der Waals surface area contributed by atoms with Crippen molar-refractivity contribution >= 4 is 16.6 Å². The molecule has 1 N–H and O–H groups in total. The summed E-state index contributed by atoms with van der Waals surface area (Å²) in [5.74, 6) is 0. The van der Waals surface area contributed by atoms with E-state index in [0.29, 0.717) is 6.04 Å². The molecule has 20 heavy (non-hydrogen) atoms. The number of benzene rings is 1. The molecule has 2 aromatic rings. The van der Waals surface area contributed by atoms with E-state index in [9.17, 15) is 0 Å². The van der Waals surface area contributed by atoms with Gasteiger partial charge in [-0.25, -0.2) is 0 Å². The second kappa shape index (κ2) is 5.13. The maximum Gasteiger partial charge on any atom is 0.0485 e. The molecule has 108 valence electrons. The molecule has 2 heterocycles. The molecule has 1 aromatic carbocycles. The number of aromatic nitrogens is 1. The summed E-state index contributed by atoms with van der Waals surface area (Å²) in [6.07, 6.45) is 4.46. The van der Waals surface area contributed by atoms with E-state index in [4.69, 9.17) is 4.74 Å². The van der Waals surface area contributed by atoms with Crippen LogP contribution >= 0.6 is 0 Å². The summed E-state index contributed by atoms with van der Waals surface area (Å²) in [6, 6.07) is 9.47. The molecule has 0 radical (unpaired) electrons. The highest BCUT2D eigenvalue weighted by molar-refractivity contribution is 5.84. The van der Waals surface area contributed by atoms with Crippen LogP contribution in [0.2, 0.25) is 0 Å². The average Bonchev–Trinajstić information content (AvgIpc) is 2.81. The highest BCUT2D eigenvalue weighted by Gasteiger charge is 2.17. The average molecular weight is 272 g/mol. The monoisotopic (exact) mass is 272 g/mol. The lowest BCUT2D eigenvalue weighted by Gasteiger charge is -2.25. The largest absolute Gasteiger partial charge is 0.381 e. The number of anilines is 1. The first-order valence-electron chi connectivity index (χ1n) is 7.49. The predicted octanol–water partition coefficient (Wildman–Crippen LogP) is 4.20. The molecule has 1 aliphatic rings. The van der Waals surface area contributed by atoms with E-state index in [1.54, 1.807) is 0 Å². The predicted molar refractivity (Wildman–Crippen MR) is 84.4 cm³/mol. The van der Waals surface area contributed by atoms with Gasteiger partial charge in [-0.1, -0.05) is 0 Å². The Hall–Kier alpha value is -1.48. The van der Waals surface area contributed by atoms with Crippen LogP contribution < -0.4 is 5.32 Å². The summed E-state index contributed by atoms with van der Waals surface area (Å²) < 4.78 is 7.88. The maximum absolute atomic E-state index is 5.46. The second-order valence-corrected chi connectivity index (χ2v) is 6.72. The van der Waals surface area contributed by atoms with Gasteiger partial charge < -0.3 is 14.6 Å². The van der Waals surface area contributed by atoms with E-state index < -0.39 is 0 Å². The van der Waals surface area contributed by atoms with Gasteiger partial charge in [0.15, 0.2) is 0 Å². The van der Waals surface area contributed by atoms with Crippen LogP contribution in [-0.4, -0.2) is 23.3 Å². The summed E-state index contributed by atoms with van der Waals surface area (Å²) in [5, 5.41) is 4.84. The fraction of sp³-hybridized carbons (Fsp3) is 0.529. The van der Waals surface area contributed by atoms with Gasteiger partial charge in [0.1, 0.15) is 0 Å². The standard InChI is InChI=1S/C17H24N2O/c1-17(2,3)18-14-4-5-16-13(12-14)6-9-19(16)15-7-10-20-11-8-15/h4-6,9,12,15,18H,7-8,10-11H2,1-3H3. The zero-order chi connectivity index (χ0) is 14.2. The molecular formula is C17H24N2O. The minimum atomic E-state index is 0.0942. The fourth-order valence-corrected chi connectivity index (χ4v) is 2.96. The Balaban J connectivity index is 1.89. The molecule has 0 amide bonds. The fourth-order valence-electron chi connectivity index (χ4n) is 2.96. The molecule has 0 spiro atoms. The van der Waals surface area contributed by atoms with Crippen molar-refractivity contribution in [2.75, 3.05) is 18.5 Å². The summed E-state index contributed by atoms with van der Waals surface area (Å²) in [4.78, 5) is 0. The summed E-state index contributed by atoms with van der Waals surface area (Å²) in [7, 11) is 0. The number of hydrogen-bond donors (Lipinski definition) is 1. The van der Waals surface area contributed by atoms with Crippen molar-refractivity contribution in [3.8, 4) is 0 Å². The third-order valence-electron chi connectivity index (χ3n) is 3.82. The summed E-state index contributed by atoms with van der Waals surface area (Å²) in [6.45, 7) is 8.32. The van der Waals surface area contributed by atoms with E-state index in [-0.39, 0.29) is 5.54 Å². The van der Waals surface area contributed by atoms with E-state index >= 15 is 0 Å². The van der Waals surface area contributed by atoms with Gasteiger partial charge >= 0.3 is 0 Å². The van der Waals surface area contributed by atoms with Gasteiger partial charge in [-0.15, -0.1) is 0 Å². The quantitative estimate of drug-likeness (QED) is 0.886. The van der Waals surface area contributed by atoms with Crippen molar-refractivity contribution in [2.45, 2.75) is 45.2 Å². The zero-order valence-corrected chi connectivity index (χ0v) is 12.6. The molecule has 3 nitrogen and oxygen atoms in total. The van der Waals surface area contributed by atoms with E-state index in [1.165, 1.54) is 16.6 Å². The lowest BCUT2D eigenvalue weighted by molar-refractivity contribution is 0.0707. The molecule has 0 atom stereocenters. The van der Waals surface area contributed by atoms with Crippen molar-refractivity contribution in [1.29, 1.82) is 0 Å². The third-order valence-corrected chi connectivity index (χ3v) is 3.82. The van der Waals surface area contributed by atoms with Crippen molar-refractivity contribution in [2.24, 2.45) is 0 Å². The van der Waals surface area contributed by atoms with Gasteiger partial charge in [0.05, 0.1) is 0 Å². The van der Waals surface area contributed by atoms with Crippen LogP contribution in [0.3, 0.4) is 0 Å².